The van der Waals surface area contributed by atoms with Crippen molar-refractivity contribution in [3.8, 4) is 0 Å². The summed E-state index contributed by atoms with van der Waals surface area (Å²) in [6.45, 7) is 4.67. The lowest BCUT2D eigenvalue weighted by Crippen LogP contribution is -2.33. The summed E-state index contributed by atoms with van der Waals surface area (Å²) >= 11 is 0. The molecule has 0 spiro atoms. The highest BCUT2D eigenvalue weighted by Gasteiger charge is 2.39. The van der Waals surface area contributed by atoms with Crippen LogP contribution >= 0.6 is 0 Å². The number of carbonyl (C=O) groups excluding carboxylic acids is 1. The van der Waals surface area contributed by atoms with Gasteiger partial charge in [0.2, 0.25) is 5.91 Å². The largest absolute Gasteiger partial charge is 0.333 e. The van der Waals surface area contributed by atoms with Gasteiger partial charge in [-0.3, -0.25) is 9.48 Å². The molecule has 2 rings (SSSR count). The van der Waals surface area contributed by atoms with Crippen molar-refractivity contribution in [2.45, 2.75) is 32.4 Å². The second-order valence-corrected chi connectivity index (χ2v) is 4.36. The molecule has 0 aliphatic carbocycles. The molecule has 1 saturated heterocycles. The fourth-order valence-corrected chi connectivity index (χ4v) is 2.46. The van der Waals surface area contributed by atoms with Crippen molar-refractivity contribution in [1.29, 1.82) is 0 Å². The molecule has 1 amide bonds. The Labute approximate surface area is 95.2 Å². The average Bonchev–Trinajstić information content (AvgIpc) is 2.66. The first-order valence-electron chi connectivity index (χ1n) is 5.59. The van der Waals surface area contributed by atoms with E-state index >= 15 is 0 Å². The second kappa shape index (κ2) is 3.90. The predicted octanol–water partition coefficient (Wildman–Crippen LogP) is 0.349. The van der Waals surface area contributed by atoms with Crippen LogP contribution in [-0.4, -0.2) is 33.2 Å². The first kappa shape index (κ1) is 11.1. The number of likely N-dealkylation sites (tertiary alicyclic amines) is 1. The van der Waals surface area contributed by atoms with Crippen molar-refractivity contribution in [3.63, 3.8) is 0 Å². The highest BCUT2D eigenvalue weighted by molar-refractivity contribution is 5.80. The third-order valence-electron chi connectivity index (χ3n) is 3.14. The van der Waals surface area contributed by atoms with Gasteiger partial charge in [-0.2, -0.15) is 5.10 Å². The second-order valence-electron chi connectivity index (χ2n) is 4.36. The number of aryl methyl sites for hydroxylation is 2. The smallest absolute Gasteiger partial charge is 0.224 e. The highest BCUT2D eigenvalue weighted by atomic mass is 16.2. The summed E-state index contributed by atoms with van der Waals surface area (Å²) < 4.78 is 1.77. The Morgan fingerprint density at radius 3 is 2.81 bits per heavy atom. The molecule has 5 nitrogen and oxygen atoms in total. The molecule has 2 N–H and O–H groups in total. The molecule has 1 fully saturated rings. The molecule has 0 saturated carbocycles. The number of amides is 1. The van der Waals surface area contributed by atoms with Gasteiger partial charge in [0.25, 0.3) is 0 Å². The summed E-state index contributed by atoms with van der Waals surface area (Å²) in [4.78, 5) is 13.5. The van der Waals surface area contributed by atoms with Crippen LogP contribution in [0.4, 0.5) is 0 Å². The number of carbonyl (C=O) groups is 1. The first-order valence-corrected chi connectivity index (χ1v) is 5.59. The number of likely N-dealkylation sites (N-methyl/N-ethyl adjacent to an activating group) is 1. The Morgan fingerprint density at radius 1 is 1.62 bits per heavy atom. The van der Waals surface area contributed by atoms with Crippen molar-refractivity contribution in [2.75, 3.05) is 6.54 Å². The molecule has 1 aromatic rings. The number of hydrogen-bond donors (Lipinski definition) is 1. The van der Waals surface area contributed by atoms with E-state index in [2.05, 4.69) is 5.10 Å². The van der Waals surface area contributed by atoms with Crippen molar-refractivity contribution in [1.82, 2.24) is 14.7 Å². The van der Waals surface area contributed by atoms with Crippen LogP contribution in [0.1, 0.15) is 30.6 Å². The summed E-state index contributed by atoms with van der Waals surface area (Å²) in [5, 5.41) is 4.42. The zero-order chi connectivity index (χ0) is 11.9. The van der Waals surface area contributed by atoms with Gasteiger partial charge >= 0.3 is 0 Å². The number of rotatable bonds is 2. The standard InChI is InChI=1S/C11H18N4O/c1-4-15-9(16)5-8(12)11(15)10-7(2)6-14(3)13-10/h6,8,11H,4-5,12H2,1-3H3. The summed E-state index contributed by atoms with van der Waals surface area (Å²) in [5.41, 5.74) is 8.06. The normalized spacial score (nSPS) is 25.5. The minimum atomic E-state index is -0.138. The highest BCUT2D eigenvalue weighted by Crippen LogP contribution is 2.32. The lowest BCUT2D eigenvalue weighted by molar-refractivity contribution is -0.128. The van der Waals surface area contributed by atoms with Crippen LogP contribution in [0, 0.1) is 6.92 Å². The van der Waals surface area contributed by atoms with Gasteiger partial charge in [-0.1, -0.05) is 0 Å². The molecule has 5 heteroatoms. The Balaban J connectivity index is 2.38. The van der Waals surface area contributed by atoms with Gasteiger partial charge in [0.15, 0.2) is 0 Å². The van der Waals surface area contributed by atoms with Gasteiger partial charge in [-0.15, -0.1) is 0 Å². The topological polar surface area (TPSA) is 64.2 Å². The van der Waals surface area contributed by atoms with E-state index < -0.39 is 0 Å². The molecule has 88 valence electrons. The third-order valence-corrected chi connectivity index (χ3v) is 3.14. The Kier molecular flexibility index (Phi) is 2.71. The zero-order valence-electron chi connectivity index (χ0n) is 9.97. The van der Waals surface area contributed by atoms with Crippen LogP contribution in [0.2, 0.25) is 0 Å². The minimum absolute atomic E-state index is 0.0568. The zero-order valence-corrected chi connectivity index (χ0v) is 9.97. The van der Waals surface area contributed by atoms with E-state index in [-0.39, 0.29) is 18.0 Å². The number of nitrogens with zero attached hydrogens (tertiary/aromatic N) is 3. The summed E-state index contributed by atoms with van der Waals surface area (Å²) in [7, 11) is 1.88. The number of hydrogen-bond acceptors (Lipinski definition) is 3. The molecule has 0 bridgehead atoms. The summed E-state index contributed by atoms with van der Waals surface area (Å²) in [6, 6.07) is -0.195. The van der Waals surface area contributed by atoms with Gasteiger partial charge in [0.05, 0.1) is 11.7 Å². The monoisotopic (exact) mass is 222 g/mol. The van der Waals surface area contributed by atoms with Crippen LogP contribution in [0.25, 0.3) is 0 Å². The lowest BCUT2D eigenvalue weighted by atomic mass is 10.0. The van der Waals surface area contributed by atoms with Crippen LogP contribution in [-0.2, 0) is 11.8 Å². The van der Waals surface area contributed by atoms with Crippen molar-refractivity contribution in [2.24, 2.45) is 12.8 Å². The molecular formula is C11H18N4O. The van der Waals surface area contributed by atoms with E-state index in [9.17, 15) is 4.79 Å². The summed E-state index contributed by atoms with van der Waals surface area (Å²) in [6.07, 6.45) is 2.38. The van der Waals surface area contributed by atoms with Crippen LogP contribution in [0.3, 0.4) is 0 Å². The molecule has 1 aliphatic heterocycles. The lowest BCUT2D eigenvalue weighted by Gasteiger charge is -2.24. The Morgan fingerprint density at radius 2 is 2.31 bits per heavy atom. The quantitative estimate of drug-likeness (QED) is 0.785. The van der Waals surface area contributed by atoms with Crippen molar-refractivity contribution >= 4 is 5.91 Å². The van der Waals surface area contributed by atoms with E-state index in [1.807, 2.05) is 32.0 Å². The van der Waals surface area contributed by atoms with Gasteiger partial charge in [-0.05, 0) is 19.4 Å². The molecule has 2 unspecified atom stereocenters. The molecule has 0 radical (unpaired) electrons. The van der Waals surface area contributed by atoms with Gasteiger partial charge in [0, 0.05) is 32.3 Å². The fourth-order valence-electron chi connectivity index (χ4n) is 2.46. The molecule has 16 heavy (non-hydrogen) atoms. The van der Waals surface area contributed by atoms with Crippen molar-refractivity contribution in [3.05, 3.63) is 17.5 Å². The average molecular weight is 222 g/mol. The van der Waals surface area contributed by atoms with E-state index in [0.717, 1.165) is 11.3 Å². The van der Waals surface area contributed by atoms with E-state index in [1.54, 1.807) is 4.68 Å². The predicted molar refractivity (Wildman–Crippen MR) is 60.7 cm³/mol. The third kappa shape index (κ3) is 1.61. The molecule has 2 heterocycles. The molecule has 1 aromatic heterocycles. The van der Waals surface area contributed by atoms with Crippen molar-refractivity contribution < 1.29 is 4.79 Å². The summed E-state index contributed by atoms with van der Waals surface area (Å²) in [5.74, 6) is 0.130. The Bertz CT molecular complexity index is 412. The molecule has 2 atom stereocenters. The van der Waals surface area contributed by atoms with E-state index in [1.165, 1.54) is 0 Å². The Hall–Kier alpha value is -1.36. The van der Waals surface area contributed by atoms with Crippen LogP contribution < -0.4 is 5.73 Å². The minimum Gasteiger partial charge on any atom is -0.333 e. The molecule has 1 aliphatic rings. The van der Waals surface area contributed by atoms with Gasteiger partial charge in [0.1, 0.15) is 0 Å². The SMILES string of the molecule is CCN1C(=O)CC(N)C1c1nn(C)cc1C. The van der Waals surface area contributed by atoms with Gasteiger partial charge in [-0.25, -0.2) is 0 Å². The maximum atomic E-state index is 11.7. The molecular weight excluding hydrogens is 204 g/mol. The van der Waals surface area contributed by atoms with E-state index in [0.29, 0.717) is 13.0 Å². The molecule has 0 aromatic carbocycles. The maximum Gasteiger partial charge on any atom is 0.224 e. The number of aromatic nitrogens is 2. The van der Waals surface area contributed by atoms with E-state index in [4.69, 9.17) is 5.73 Å². The van der Waals surface area contributed by atoms with Crippen LogP contribution in [0.15, 0.2) is 6.20 Å². The fraction of sp³-hybridized carbons (Fsp3) is 0.636. The maximum absolute atomic E-state index is 11.7. The van der Waals surface area contributed by atoms with Gasteiger partial charge < -0.3 is 10.6 Å². The van der Waals surface area contributed by atoms with Crippen LogP contribution in [0.5, 0.6) is 0 Å². The first-order chi connectivity index (χ1) is 7.54. The number of nitrogens with two attached hydrogens (primary N) is 1.